The van der Waals surface area contributed by atoms with Gasteiger partial charge in [-0.3, -0.25) is 4.79 Å². The van der Waals surface area contributed by atoms with Gasteiger partial charge in [0, 0.05) is 12.5 Å². The highest BCUT2D eigenvalue weighted by molar-refractivity contribution is 5.88. The van der Waals surface area contributed by atoms with Crippen molar-refractivity contribution in [3.63, 3.8) is 0 Å². The number of halogens is 2. The largest absolute Gasteiger partial charge is 0.480 e. The summed E-state index contributed by atoms with van der Waals surface area (Å²) in [5, 5.41) is 13.7. The molecule has 1 fully saturated rings. The molecule has 2 aliphatic carbocycles. The molecule has 35 heavy (non-hydrogen) atoms. The molecule has 3 N–H and O–H groups in total. The SMILES string of the molecule is C=CCCC(NC(=O)[C@@H]1[C@H](CNC(=O)OCC2c3ccccc3-c3ccccc32)C1(F)F)C(=O)O. The first kappa shape index (κ1) is 24.4. The molecule has 2 aromatic carbocycles. The lowest BCUT2D eigenvalue weighted by Crippen LogP contribution is -2.42. The summed E-state index contributed by atoms with van der Waals surface area (Å²) < 4.78 is 33.8. The predicted molar refractivity (Wildman–Crippen MR) is 124 cm³/mol. The third kappa shape index (κ3) is 4.89. The number of ether oxygens (including phenoxy) is 1. The zero-order valence-corrected chi connectivity index (χ0v) is 18.9. The summed E-state index contributed by atoms with van der Waals surface area (Å²) in [6.45, 7) is 3.05. The van der Waals surface area contributed by atoms with Crippen molar-refractivity contribution in [2.45, 2.75) is 30.7 Å². The monoisotopic (exact) mass is 484 g/mol. The number of benzene rings is 2. The van der Waals surface area contributed by atoms with Gasteiger partial charge < -0.3 is 20.5 Å². The summed E-state index contributed by atoms with van der Waals surface area (Å²) in [7, 11) is 0. The maximum absolute atomic E-state index is 14.2. The van der Waals surface area contributed by atoms with Crippen molar-refractivity contribution in [3.05, 3.63) is 72.3 Å². The topological polar surface area (TPSA) is 105 Å². The molecule has 0 bridgehead atoms. The Bertz CT molecular complexity index is 1110. The molecule has 0 spiro atoms. The van der Waals surface area contributed by atoms with Gasteiger partial charge in [0.15, 0.2) is 0 Å². The lowest BCUT2D eigenvalue weighted by molar-refractivity contribution is -0.142. The lowest BCUT2D eigenvalue weighted by Gasteiger charge is -2.14. The molecule has 0 heterocycles. The number of amides is 2. The van der Waals surface area contributed by atoms with Crippen molar-refractivity contribution >= 4 is 18.0 Å². The van der Waals surface area contributed by atoms with Gasteiger partial charge in [0.2, 0.25) is 5.91 Å². The van der Waals surface area contributed by atoms with Crippen LogP contribution in [0, 0.1) is 11.8 Å². The number of alkyl halides is 2. The maximum Gasteiger partial charge on any atom is 0.407 e. The first-order chi connectivity index (χ1) is 16.8. The number of alkyl carbamates (subject to hydrolysis) is 1. The first-order valence-corrected chi connectivity index (χ1v) is 11.4. The molecular formula is C26H26F2N2O5. The highest BCUT2D eigenvalue weighted by Gasteiger charge is 2.71. The van der Waals surface area contributed by atoms with Gasteiger partial charge in [0.1, 0.15) is 18.6 Å². The van der Waals surface area contributed by atoms with Crippen LogP contribution in [0.2, 0.25) is 0 Å². The van der Waals surface area contributed by atoms with Gasteiger partial charge in [-0.15, -0.1) is 6.58 Å². The van der Waals surface area contributed by atoms with E-state index in [2.05, 4.69) is 17.2 Å². The summed E-state index contributed by atoms with van der Waals surface area (Å²) in [4.78, 5) is 35.8. The second-order valence-corrected chi connectivity index (χ2v) is 8.73. The van der Waals surface area contributed by atoms with Gasteiger partial charge >= 0.3 is 12.1 Å². The normalized spacial score (nSPS) is 20.2. The number of carboxylic acids is 1. The van der Waals surface area contributed by atoms with E-state index in [0.29, 0.717) is 6.42 Å². The Labute approximate surface area is 201 Å². The van der Waals surface area contributed by atoms with E-state index in [1.165, 1.54) is 6.08 Å². The van der Waals surface area contributed by atoms with Gasteiger partial charge in [-0.25, -0.2) is 18.4 Å². The van der Waals surface area contributed by atoms with Crippen LogP contribution in [0.5, 0.6) is 0 Å². The third-order valence-electron chi connectivity index (χ3n) is 6.57. The Hall–Kier alpha value is -3.75. The predicted octanol–water partition coefficient (Wildman–Crippen LogP) is 3.94. The number of aliphatic carboxylic acids is 1. The molecule has 184 valence electrons. The van der Waals surface area contributed by atoms with E-state index in [-0.39, 0.29) is 18.9 Å². The molecular weight excluding hydrogens is 458 g/mol. The molecule has 4 rings (SSSR count). The van der Waals surface area contributed by atoms with E-state index in [0.717, 1.165) is 22.3 Å². The van der Waals surface area contributed by atoms with E-state index in [1.807, 2.05) is 48.5 Å². The summed E-state index contributed by atoms with van der Waals surface area (Å²) in [6, 6.07) is 14.3. The molecule has 0 aromatic heterocycles. The number of rotatable bonds is 10. The molecule has 9 heteroatoms. The Kier molecular flexibility index (Phi) is 6.86. The quantitative estimate of drug-likeness (QED) is 0.443. The molecule has 3 atom stereocenters. The molecule has 2 aromatic rings. The van der Waals surface area contributed by atoms with E-state index in [4.69, 9.17) is 4.74 Å². The summed E-state index contributed by atoms with van der Waals surface area (Å²) in [5.41, 5.74) is 4.18. The van der Waals surface area contributed by atoms with Gasteiger partial charge in [-0.1, -0.05) is 54.6 Å². The Morgan fingerprint density at radius 3 is 2.26 bits per heavy atom. The second kappa shape index (κ2) is 9.85. The molecule has 2 aliphatic rings. The first-order valence-electron chi connectivity index (χ1n) is 11.4. The van der Waals surface area contributed by atoms with Gasteiger partial charge in [0.05, 0.1) is 5.92 Å². The number of carboxylic acid groups (broad SMARTS) is 1. The van der Waals surface area contributed by atoms with Crippen LogP contribution in [0.1, 0.15) is 29.9 Å². The van der Waals surface area contributed by atoms with Crippen LogP contribution < -0.4 is 10.6 Å². The fourth-order valence-corrected chi connectivity index (χ4v) is 4.65. The van der Waals surface area contributed by atoms with Crippen molar-refractivity contribution in [2.24, 2.45) is 11.8 Å². The Morgan fingerprint density at radius 1 is 1.09 bits per heavy atom. The van der Waals surface area contributed by atoms with Crippen LogP contribution in [-0.2, 0) is 14.3 Å². The van der Waals surface area contributed by atoms with Crippen molar-refractivity contribution in [2.75, 3.05) is 13.2 Å². The minimum Gasteiger partial charge on any atom is -0.480 e. The number of carbonyl (C=O) groups is 3. The maximum atomic E-state index is 14.2. The van der Waals surface area contributed by atoms with Crippen molar-refractivity contribution in [1.82, 2.24) is 10.6 Å². The molecule has 0 aliphatic heterocycles. The van der Waals surface area contributed by atoms with E-state index < -0.39 is 48.3 Å². The van der Waals surface area contributed by atoms with Crippen LogP contribution >= 0.6 is 0 Å². The van der Waals surface area contributed by atoms with Crippen LogP contribution in [0.3, 0.4) is 0 Å². The van der Waals surface area contributed by atoms with Crippen molar-refractivity contribution in [3.8, 4) is 11.1 Å². The van der Waals surface area contributed by atoms with Crippen LogP contribution in [0.25, 0.3) is 11.1 Å². The molecule has 2 amide bonds. The van der Waals surface area contributed by atoms with E-state index in [1.54, 1.807) is 0 Å². The molecule has 7 nitrogen and oxygen atoms in total. The minimum absolute atomic E-state index is 0.0361. The number of fused-ring (bicyclic) bond motifs is 3. The number of carbonyl (C=O) groups excluding carboxylic acids is 2. The standard InChI is InChI=1S/C26H26F2N2O5/c1-2-3-12-21(24(32)33)30-23(31)22-20(26(22,27)28)13-29-25(34)35-14-19-17-10-6-4-8-15(17)16-9-5-7-11-18(16)19/h2,4-11,19-22H,1,3,12-14H2,(H,29,34)(H,30,31)(H,32,33)/t20-,21?,22-/m0/s1. The zero-order chi connectivity index (χ0) is 25.2. The summed E-state index contributed by atoms with van der Waals surface area (Å²) in [6.07, 6.45) is 0.981. The highest BCUT2D eigenvalue weighted by atomic mass is 19.3. The van der Waals surface area contributed by atoms with Crippen LogP contribution in [0.15, 0.2) is 61.2 Å². The zero-order valence-electron chi connectivity index (χ0n) is 18.9. The fourth-order valence-electron chi connectivity index (χ4n) is 4.65. The average Bonchev–Trinajstić information content (AvgIpc) is 3.25. The summed E-state index contributed by atoms with van der Waals surface area (Å²) in [5.74, 6) is -9.01. The van der Waals surface area contributed by atoms with Crippen molar-refractivity contribution in [1.29, 1.82) is 0 Å². The number of hydrogen-bond acceptors (Lipinski definition) is 4. The lowest BCUT2D eigenvalue weighted by atomic mass is 9.98. The molecule has 0 saturated heterocycles. The number of allylic oxidation sites excluding steroid dienone is 1. The van der Waals surface area contributed by atoms with Gasteiger partial charge in [0.25, 0.3) is 5.92 Å². The van der Waals surface area contributed by atoms with E-state index >= 15 is 0 Å². The van der Waals surface area contributed by atoms with Gasteiger partial charge in [-0.05, 0) is 35.1 Å². The average molecular weight is 484 g/mol. The fraction of sp³-hybridized carbons (Fsp3) is 0.346. The molecule has 1 saturated carbocycles. The number of nitrogens with one attached hydrogen (secondary N) is 2. The molecule has 0 radical (unpaired) electrons. The highest BCUT2D eigenvalue weighted by Crippen LogP contribution is 2.55. The minimum atomic E-state index is -3.35. The van der Waals surface area contributed by atoms with Crippen LogP contribution in [0.4, 0.5) is 13.6 Å². The Balaban J connectivity index is 1.30. The third-order valence-corrected chi connectivity index (χ3v) is 6.57. The van der Waals surface area contributed by atoms with E-state index in [9.17, 15) is 28.3 Å². The van der Waals surface area contributed by atoms with Crippen LogP contribution in [-0.4, -0.2) is 48.2 Å². The summed E-state index contributed by atoms with van der Waals surface area (Å²) >= 11 is 0. The second-order valence-electron chi connectivity index (χ2n) is 8.73. The molecule has 1 unspecified atom stereocenters. The van der Waals surface area contributed by atoms with Gasteiger partial charge in [-0.2, -0.15) is 0 Å². The number of hydrogen-bond donors (Lipinski definition) is 3. The van der Waals surface area contributed by atoms with Crippen molar-refractivity contribution < 1.29 is 33.0 Å². The Morgan fingerprint density at radius 2 is 1.69 bits per heavy atom. The smallest absolute Gasteiger partial charge is 0.407 e.